The molecule has 2 fully saturated rings. The quantitative estimate of drug-likeness (QED) is 0.163. The highest BCUT2D eigenvalue weighted by atomic mass is 35.5. The number of ether oxygens (including phenoxy) is 2. The molecule has 1 aliphatic carbocycles. The highest BCUT2D eigenvalue weighted by Crippen LogP contribution is 2.41. The van der Waals surface area contributed by atoms with Gasteiger partial charge in [0.15, 0.2) is 11.6 Å². The highest BCUT2D eigenvalue weighted by Gasteiger charge is 2.42. The molecule has 46 heavy (non-hydrogen) atoms. The van der Waals surface area contributed by atoms with Gasteiger partial charge in [0.05, 0.1) is 13.7 Å². The molecule has 3 N–H and O–H groups in total. The first-order valence-corrected chi connectivity index (χ1v) is 16.6. The number of fused-ring (bicyclic) bond motifs is 2. The van der Waals surface area contributed by atoms with Crippen LogP contribution in [0.15, 0.2) is 60.2 Å². The molecular formula is C37H42ClF2N3O3. The lowest BCUT2D eigenvalue weighted by Crippen LogP contribution is -2.54. The Morgan fingerprint density at radius 2 is 1.83 bits per heavy atom. The second-order valence-electron chi connectivity index (χ2n) is 12.8. The van der Waals surface area contributed by atoms with E-state index in [0.717, 1.165) is 83.4 Å². The molecule has 6 nitrogen and oxygen atoms in total. The van der Waals surface area contributed by atoms with E-state index >= 15 is 0 Å². The summed E-state index contributed by atoms with van der Waals surface area (Å²) < 4.78 is 38.8. The Kier molecular flexibility index (Phi) is 9.97. The van der Waals surface area contributed by atoms with Gasteiger partial charge in [-0.05, 0) is 110 Å². The normalized spacial score (nSPS) is 20.9. The third-order valence-corrected chi connectivity index (χ3v) is 10.0. The number of aryl methyl sites for hydroxylation is 1. The highest BCUT2D eigenvalue weighted by molar-refractivity contribution is 6.32. The fraction of sp³-hybridized carbons (Fsp3) is 0.432. The zero-order chi connectivity index (χ0) is 32.4. The maximum absolute atomic E-state index is 14.6. The van der Waals surface area contributed by atoms with E-state index in [9.17, 15) is 13.6 Å². The van der Waals surface area contributed by atoms with Crippen molar-refractivity contribution in [1.29, 1.82) is 0 Å². The van der Waals surface area contributed by atoms with Crippen LogP contribution in [0.25, 0.3) is 5.57 Å². The SMILES string of the molecule is COc1cccc(CN(C(=O)C2=C(c3ccc(CCCOc4c(F)ccc(F)c4Cl)cc3)C[C@@H]3CC(CN)C[C@H]2N3)C2CC2)c1C. The van der Waals surface area contributed by atoms with Gasteiger partial charge in [-0.3, -0.25) is 4.79 Å². The summed E-state index contributed by atoms with van der Waals surface area (Å²) in [5.74, 6) is -0.322. The van der Waals surface area contributed by atoms with Gasteiger partial charge in [0.1, 0.15) is 16.6 Å². The van der Waals surface area contributed by atoms with Gasteiger partial charge in [0.2, 0.25) is 0 Å². The number of halogens is 3. The molecule has 0 aromatic heterocycles. The molecule has 2 aliphatic heterocycles. The summed E-state index contributed by atoms with van der Waals surface area (Å²) in [7, 11) is 1.68. The van der Waals surface area contributed by atoms with Gasteiger partial charge in [0, 0.05) is 30.2 Å². The Labute approximate surface area is 274 Å². The fourth-order valence-electron chi connectivity index (χ4n) is 7.01. The zero-order valence-corrected chi connectivity index (χ0v) is 27.2. The fourth-order valence-corrected chi connectivity index (χ4v) is 7.22. The number of nitrogens with zero attached hydrogens (tertiary/aromatic N) is 1. The van der Waals surface area contributed by atoms with Gasteiger partial charge in [-0.1, -0.05) is 48.0 Å². The molecule has 6 rings (SSSR count). The lowest BCUT2D eigenvalue weighted by molar-refractivity contribution is -0.128. The standard InChI is InChI=1S/C37H42ClF2N3O3/c1-22-26(6-3-7-33(22)45-2)21-43(28-12-13-28)37(44)34-29(19-27-17-24(20-41)18-32(34)42-27)25-10-8-23(9-11-25)5-4-16-46-36-31(40)15-14-30(39)35(36)38/h3,6-11,14-15,24,27-28,32,42H,4-5,12-13,16-21,41H2,1-2H3/t24?,27-,32+/m0/s1. The summed E-state index contributed by atoms with van der Waals surface area (Å²) >= 11 is 5.88. The molecule has 9 heteroatoms. The second-order valence-corrected chi connectivity index (χ2v) is 13.2. The van der Waals surface area contributed by atoms with Crippen molar-refractivity contribution in [2.24, 2.45) is 11.7 Å². The van der Waals surface area contributed by atoms with E-state index in [-0.39, 0.29) is 41.4 Å². The molecule has 1 unspecified atom stereocenters. The topological polar surface area (TPSA) is 76.8 Å². The monoisotopic (exact) mass is 649 g/mol. The van der Waals surface area contributed by atoms with Crippen LogP contribution < -0.4 is 20.5 Å². The molecule has 1 saturated heterocycles. The summed E-state index contributed by atoms with van der Waals surface area (Å²) in [4.78, 5) is 16.7. The predicted octanol–water partition coefficient (Wildman–Crippen LogP) is 6.99. The number of benzene rings is 3. The number of hydrogen-bond acceptors (Lipinski definition) is 5. The van der Waals surface area contributed by atoms with Crippen molar-refractivity contribution in [1.82, 2.24) is 10.2 Å². The number of hydrogen-bond donors (Lipinski definition) is 2. The minimum atomic E-state index is -0.711. The molecule has 3 aromatic carbocycles. The first-order valence-electron chi connectivity index (χ1n) is 16.3. The summed E-state index contributed by atoms with van der Waals surface area (Å²) in [6.07, 6.45) is 5.95. The zero-order valence-electron chi connectivity index (χ0n) is 26.5. The number of carbonyl (C=O) groups excluding carboxylic acids is 1. The number of methoxy groups -OCH3 is 1. The number of amides is 1. The van der Waals surface area contributed by atoms with Crippen molar-refractivity contribution in [3.05, 3.63) is 99.1 Å². The van der Waals surface area contributed by atoms with Crippen molar-refractivity contribution in [2.75, 3.05) is 20.3 Å². The van der Waals surface area contributed by atoms with Gasteiger partial charge in [0.25, 0.3) is 5.91 Å². The van der Waals surface area contributed by atoms with Crippen molar-refractivity contribution < 1.29 is 23.0 Å². The molecule has 2 heterocycles. The summed E-state index contributed by atoms with van der Waals surface area (Å²) in [6, 6.07) is 16.9. The second kappa shape index (κ2) is 14.1. The molecule has 3 aliphatic rings. The number of rotatable bonds is 12. The largest absolute Gasteiger partial charge is 0.496 e. The van der Waals surface area contributed by atoms with Crippen LogP contribution in [0.2, 0.25) is 5.02 Å². The average molecular weight is 650 g/mol. The first kappa shape index (κ1) is 32.5. The summed E-state index contributed by atoms with van der Waals surface area (Å²) in [5.41, 5.74) is 12.5. The van der Waals surface area contributed by atoms with E-state index < -0.39 is 11.6 Å². The number of piperidine rings is 1. The molecule has 1 saturated carbocycles. The molecule has 2 bridgehead atoms. The van der Waals surface area contributed by atoms with E-state index in [1.807, 2.05) is 12.1 Å². The van der Waals surface area contributed by atoms with E-state index in [2.05, 4.69) is 47.5 Å². The Morgan fingerprint density at radius 3 is 2.54 bits per heavy atom. The minimum absolute atomic E-state index is 0.0388. The molecule has 3 aromatic rings. The third kappa shape index (κ3) is 6.94. The molecule has 3 atom stereocenters. The Hall–Kier alpha value is -3.46. The number of nitrogens with two attached hydrogens (primary N) is 1. The summed E-state index contributed by atoms with van der Waals surface area (Å²) in [5, 5.41) is 3.43. The third-order valence-electron chi connectivity index (χ3n) is 9.68. The van der Waals surface area contributed by atoms with Crippen molar-refractivity contribution >= 4 is 23.1 Å². The maximum atomic E-state index is 14.6. The van der Waals surface area contributed by atoms with Crippen LogP contribution in [0.4, 0.5) is 8.78 Å². The lowest BCUT2D eigenvalue weighted by Gasteiger charge is -2.43. The van der Waals surface area contributed by atoms with Crippen LogP contribution in [0.1, 0.15) is 60.8 Å². The van der Waals surface area contributed by atoms with Gasteiger partial charge in [-0.2, -0.15) is 0 Å². The Balaban J connectivity index is 1.23. The molecule has 244 valence electrons. The first-order chi connectivity index (χ1) is 22.3. The number of carbonyl (C=O) groups is 1. The van der Waals surface area contributed by atoms with Crippen molar-refractivity contribution in [3.8, 4) is 11.5 Å². The van der Waals surface area contributed by atoms with Gasteiger partial charge >= 0.3 is 0 Å². The summed E-state index contributed by atoms with van der Waals surface area (Å²) in [6.45, 7) is 3.42. The molecule has 1 amide bonds. The van der Waals surface area contributed by atoms with Crippen LogP contribution >= 0.6 is 11.6 Å². The smallest absolute Gasteiger partial charge is 0.252 e. The van der Waals surface area contributed by atoms with Crippen LogP contribution in [0.5, 0.6) is 11.5 Å². The maximum Gasteiger partial charge on any atom is 0.252 e. The van der Waals surface area contributed by atoms with E-state index in [4.69, 9.17) is 26.8 Å². The van der Waals surface area contributed by atoms with Gasteiger partial charge in [-0.15, -0.1) is 0 Å². The average Bonchev–Trinajstić information content (AvgIpc) is 3.91. The van der Waals surface area contributed by atoms with Crippen LogP contribution in [0, 0.1) is 24.5 Å². The predicted molar refractivity (Wildman–Crippen MR) is 177 cm³/mol. The molecular weight excluding hydrogens is 608 g/mol. The van der Waals surface area contributed by atoms with Crippen molar-refractivity contribution in [3.63, 3.8) is 0 Å². The van der Waals surface area contributed by atoms with Crippen LogP contribution in [0.3, 0.4) is 0 Å². The molecule has 0 radical (unpaired) electrons. The van der Waals surface area contributed by atoms with E-state index in [1.165, 1.54) is 0 Å². The number of nitrogens with one attached hydrogen (secondary N) is 1. The van der Waals surface area contributed by atoms with E-state index in [0.29, 0.717) is 31.8 Å². The lowest BCUT2D eigenvalue weighted by atomic mass is 9.75. The van der Waals surface area contributed by atoms with Gasteiger partial charge < -0.3 is 25.4 Å². The Morgan fingerprint density at radius 1 is 1.07 bits per heavy atom. The molecule has 0 spiro atoms. The van der Waals surface area contributed by atoms with E-state index in [1.54, 1.807) is 7.11 Å². The van der Waals surface area contributed by atoms with Crippen LogP contribution in [-0.2, 0) is 17.8 Å². The minimum Gasteiger partial charge on any atom is -0.496 e. The Bertz CT molecular complexity index is 1610. The van der Waals surface area contributed by atoms with Crippen LogP contribution in [-0.4, -0.2) is 49.2 Å². The van der Waals surface area contributed by atoms with Crippen molar-refractivity contribution in [2.45, 2.75) is 76.5 Å². The van der Waals surface area contributed by atoms with Gasteiger partial charge in [-0.25, -0.2) is 8.78 Å².